The van der Waals surface area contributed by atoms with E-state index in [9.17, 15) is 5.11 Å². The van der Waals surface area contributed by atoms with E-state index in [2.05, 4.69) is 22.3 Å². The van der Waals surface area contributed by atoms with Crippen molar-refractivity contribution in [1.29, 1.82) is 0 Å². The minimum absolute atomic E-state index is 0.166. The largest absolute Gasteiger partial charge is 0.506 e. The van der Waals surface area contributed by atoms with Crippen molar-refractivity contribution in [2.75, 3.05) is 0 Å². The molecule has 0 unspecified atom stereocenters. The molecule has 4 aromatic rings. The molecule has 0 aliphatic rings. The maximum absolute atomic E-state index is 10.0. The zero-order valence-corrected chi connectivity index (χ0v) is 12.6. The molecule has 0 saturated carbocycles. The van der Waals surface area contributed by atoms with Gasteiger partial charge < -0.3 is 5.11 Å². The number of aryl methyl sites for hydroxylation is 1. The third-order valence-electron chi connectivity index (χ3n) is 3.83. The van der Waals surface area contributed by atoms with Gasteiger partial charge in [0, 0.05) is 0 Å². The van der Waals surface area contributed by atoms with E-state index >= 15 is 0 Å². The summed E-state index contributed by atoms with van der Waals surface area (Å²) in [6.45, 7) is 1.97. The van der Waals surface area contributed by atoms with Crippen LogP contribution in [0.5, 0.6) is 5.75 Å². The van der Waals surface area contributed by atoms with Crippen LogP contribution in [-0.2, 0) is 0 Å². The van der Waals surface area contributed by atoms with Crippen molar-refractivity contribution in [3.8, 4) is 22.6 Å². The standard InChI is InChI=1S/C19H15N3O/c1-13-7-10-19(23)18(11-13)22-20-16-9-8-15(12-17(16)21-22)14-5-3-2-4-6-14/h2-12,23H,1H3. The predicted molar refractivity (Wildman–Crippen MR) is 90.7 cm³/mol. The number of nitrogens with zero attached hydrogens (tertiary/aromatic N) is 3. The molecule has 1 N–H and O–H groups in total. The van der Waals surface area contributed by atoms with Crippen LogP contribution in [0.15, 0.2) is 66.7 Å². The van der Waals surface area contributed by atoms with Crippen LogP contribution >= 0.6 is 0 Å². The van der Waals surface area contributed by atoms with E-state index in [1.165, 1.54) is 4.80 Å². The average Bonchev–Trinajstić information content (AvgIpc) is 3.00. The average molecular weight is 301 g/mol. The van der Waals surface area contributed by atoms with Crippen LogP contribution in [0.4, 0.5) is 0 Å². The highest BCUT2D eigenvalue weighted by molar-refractivity contribution is 5.81. The molecule has 4 heteroatoms. The molecule has 0 bridgehead atoms. The van der Waals surface area contributed by atoms with Gasteiger partial charge in [0.1, 0.15) is 22.5 Å². The van der Waals surface area contributed by atoms with Crippen molar-refractivity contribution in [3.63, 3.8) is 0 Å². The Hall–Kier alpha value is -3.14. The predicted octanol–water partition coefficient (Wildman–Crippen LogP) is 4.10. The molecule has 0 fully saturated rings. The number of rotatable bonds is 2. The van der Waals surface area contributed by atoms with E-state index in [4.69, 9.17) is 0 Å². The first-order valence-corrected chi connectivity index (χ1v) is 7.43. The first kappa shape index (κ1) is 13.5. The minimum Gasteiger partial charge on any atom is -0.506 e. The van der Waals surface area contributed by atoms with Gasteiger partial charge in [0.05, 0.1) is 0 Å². The molecule has 4 rings (SSSR count). The highest BCUT2D eigenvalue weighted by Gasteiger charge is 2.10. The molecule has 0 aliphatic heterocycles. The molecule has 0 amide bonds. The molecule has 112 valence electrons. The zero-order valence-electron chi connectivity index (χ0n) is 12.6. The number of phenols is 1. The zero-order chi connectivity index (χ0) is 15.8. The van der Waals surface area contributed by atoms with Crippen molar-refractivity contribution in [1.82, 2.24) is 15.0 Å². The number of benzene rings is 3. The summed E-state index contributed by atoms with van der Waals surface area (Å²) in [7, 11) is 0. The van der Waals surface area contributed by atoms with Gasteiger partial charge in [0.25, 0.3) is 0 Å². The molecule has 23 heavy (non-hydrogen) atoms. The summed E-state index contributed by atoms with van der Waals surface area (Å²) in [5.74, 6) is 0.166. The Balaban J connectivity index is 1.84. The fraction of sp³-hybridized carbons (Fsp3) is 0.0526. The lowest BCUT2D eigenvalue weighted by atomic mass is 10.1. The van der Waals surface area contributed by atoms with Crippen LogP contribution in [0.3, 0.4) is 0 Å². The number of phenolic OH excluding ortho intramolecular Hbond substituents is 1. The van der Waals surface area contributed by atoms with Crippen LogP contribution in [0.2, 0.25) is 0 Å². The second-order valence-corrected chi connectivity index (χ2v) is 5.55. The lowest BCUT2D eigenvalue weighted by Gasteiger charge is -2.03. The lowest BCUT2D eigenvalue weighted by Crippen LogP contribution is -1.99. The van der Waals surface area contributed by atoms with Gasteiger partial charge in [-0.25, -0.2) is 0 Å². The summed E-state index contributed by atoms with van der Waals surface area (Å²) in [5, 5.41) is 19.0. The Morgan fingerprint density at radius 3 is 2.39 bits per heavy atom. The van der Waals surface area contributed by atoms with Crippen molar-refractivity contribution in [3.05, 3.63) is 72.3 Å². The molecule has 0 spiro atoms. The number of aromatic hydroxyl groups is 1. The quantitative estimate of drug-likeness (QED) is 0.606. The van der Waals surface area contributed by atoms with Crippen LogP contribution in [0, 0.1) is 6.92 Å². The molecule has 3 aromatic carbocycles. The highest BCUT2D eigenvalue weighted by Crippen LogP contribution is 2.25. The summed E-state index contributed by atoms with van der Waals surface area (Å²) in [4.78, 5) is 1.49. The van der Waals surface area contributed by atoms with Crippen LogP contribution in [0.1, 0.15) is 5.56 Å². The summed E-state index contributed by atoms with van der Waals surface area (Å²) in [6, 6.07) is 21.6. The highest BCUT2D eigenvalue weighted by atomic mass is 16.3. The fourth-order valence-electron chi connectivity index (χ4n) is 2.63. The van der Waals surface area contributed by atoms with Gasteiger partial charge in [-0.1, -0.05) is 42.5 Å². The molecule has 0 saturated heterocycles. The fourth-order valence-corrected chi connectivity index (χ4v) is 2.63. The van der Waals surface area contributed by atoms with Gasteiger partial charge in [-0.2, -0.15) is 0 Å². The second-order valence-electron chi connectivity index (χ2n) is 5.55. The van der Waals surface area contributed by atoms with E-state index in [1.54, 1.807) is 6.07 Å². The smallest absolute Gasteiger partial charge is 0.143 e. The van der Waals surface area contributed by atoms with Gasteiger partial charge in [0.2, 0.25) is 0 Å². The Morgan fingerprint density at radius 2 is 1.57 bits per heavy atom. The number of hydrogen-bond donors (Lipinski definition) is 1. The van der Waals surface area contributed by atoms with E-state index in [1.807, 2.05) is 55.5 Å². The number of hydrogen-bond acceptors (Lipinski definition) is 3. The first-order chi connectivity index (χ1) is 11.2. The third-order valence-corrected chi connectivity index (χ3v) is 3.83. The van der Waals surface area contributed by atoms with Gasteiger partial charge >= 0.3 is 0 Å². The van der Waals surface area contributed by atoms with E-state index < -0.39 is 0 Å². The number of aromatic nitrogens is 3. The van der Waals surface area contributed by atoms with Gasteiger partial charge in [-0.05, 0) is 47.9 Å². The molecule has 1 heterocycles. The molecular formula is C19H15N3O. The molecular weight excluding hydrogens is 286 g/mol. The Bertz CT molecular complexity index is 990. The van der Waals surface area contributed by atoms with Crippen molar-refractivity contribution in [2.45, 2.75) is 6.92 Å². The first-order valence-electron chi connectivity index (χ1n) is 7.43. The Morgan fingerprint density at radius 1 is 0.783 bits per heavy atom. The normalized spacial score (nSPS) is 11.0. The van der Waals surface area contributed by atoms with Crippen LogP contribution in [0.25, 0.3) is 27.8 Å². The van der Waals surface area contributed by atoms with Crippen molar-refractivity contribution < 1.29 is 5.11 Å². The van der Waals surface area contributed by atoms with E-state index in [0.29, 0.717) is 5.69 Å². The van der Waals surface area contributed by atoms with Crippen LogP contribution < -0.4 is 0 Å². The topological polar surface area (TPSA) is 50.9 Å². The maximum atomic E-state index is 10.0. The molecule has 0 aliphatic carbocycles. The molecule has 1 aromatic heterocycles. The summed E-state index contributed by atoms with van der Waals surface area (Å²) >= 11 is 0. The minimum atomic E-state index is 0.166. The third kappa shape index (κ3) is 2.44. The van der Waals surface area contributed by atoms with Crippen LogP contribution in [-0.4, -0.2) is 20.1 Å². The summed E-state index contributed by atoms with van der Waals surface area (Å²) in [5.41, 5.74) is 5.46. The summed E-state index contributed by atoms with van der Waals surface area (Å²) in [6.07, 6.45) is 0. The van der Waals surface area contributed by atoms with Gasteiger partial charge in [-0.15, -0.1) is 15.0 Å². The molecule has 0 atom stereocenters. The SMILES string of the molecule is Cc1ccc(O)c(-n2nc3ccc(-c4ccccc4)cc3n2)c1. The lowest BCUT2D eigenvalue weighted by molar-refractivity contribution is 0.467. The number of fused-ring (bicyclic) bond motifs is 1. The maximum Gasteiger partial charge on any atom is 0.143 e. The van der Waals surface area contributed by atoms with Crippen molar-refractivity contribution >= 4 is 11.0 Å². The second kappa shape index (κ2) is 5.25. The molecule has 4 nitrogen and oxygen atoms in total. The Kier molecular flexibility index (Phi) is 3.08. The van der Waals surface area contributed by atoms with Gasteiger partial charge in [-0.3, -0.25) is 0 Å². The van der Waals surface area contributed by atoms with Crippen molar-refractivity contribution in [2.24, 2.45) is 0 Å². The summed E-state index contributed by atoms with van der Waals surface area (Å²) < 4.78 is 0. The monoisotopic (exact) mass is 301 g/mol. The van der Waals surface area contributed by atoms with E-state index in [-0.39, 0.29) is 5.75 Å². The van der Waals surface area contributed by atoms with E-state index in [0.717, 1.165) is 27.7 Å². The molecule has 0 radical (unpaired) electrons. The van der Waals surface area contributed by atoms with Gasteiger partial charge in [0.15, 0.2) is 0 Å². The Labute approximate surface area is 133 Å².